The van der Waals surface area contributed by atoms with Gasteiger partial charge in [0.25, 0.3) is 0 Å². The van der Waals surface area contributed by atoms with E-state index in [1.807, 2.05) is 16.7 Å². The van der Waals surface area contributed by atoms with Crippen molar-refractivity contribution in [3.8, 4) is 0 Å². The number of hydrogen-bond acceptors (Lipinski definition) is 3. The molecule has 5 heteroatoms. The quantitative estimate of drug-likeness (QED) is 0.731. The van der Waals surface area contributed by atoms with Gasteiger partial charge in [-0.05, 0) is 41.1 Å². The van der Waals surface area contributed by atoms with E-state index in [4.69, 9.17) is 0 Å². The van der Waals surface area contributed by atoms with Crippen LogP contribution in [0.2, 0.25) is 0 Å². The minimum absolute atomic E-state index is 0.0354. The number of carbonyl (C=O) groups is 1. The zero-order valence-corrected chi connectivity index (χ0v) is 14.5. The van der Waals surface area contributed by atoms with Crippen molar-refractivity contribution in [3.63, 3.8) is 0 Å². The van der Waals surface area contributed by atoms with Crippen LogP contribution in [0.25, 0.3) is 0 Å². The Balaban J connectivity index is 1.77. The van der Waals surface area contributed by atoms with Crippen molar-refractivity contribution in [2.45, 2.75) is 23.7 Å². The van der Waals surface area contributed by atoms with Crippen LogP contribution >= 0.6 is 23.5 Å². The van der Waals surface area contributed by atoms with E-state index in [0.717, 1.165) is 16.9 Å². The van der Waals surface area contributed by atoms with Gasteiger partial charge in [0.2, 0.25) is 5.91 Å². The van der Waals surface area contributed by atoms with Crippen molar-refractivity contribution in [2.75, 3.05) is 11.5 Å². The summed E-state index contributed by atoms with van der Waals surface area (Å²) < 4.78 is 13.0. The highest BCUT2D eigenvalue weighted by molar-refractivity contribution is 8.00. The lowest BCUT2D eigenvalue weighted by Gasteiger charge is -2.24. The SMILES string of the molecule is CCSc1ccc(C2SCC(=O)N2Cc2ccc(F)cc2)cc1. The zero-order valence-electron chi connectivity index (χ0n) is 12.9. The molecule has 2 aromatic rings. The molecule has 1 atom stereocenters. The van der Waals surface area contributed by atoms with Gasteiger partial charge in [-0.3, -0.25) is 4.79 Å². The van der Waals surface area contributed by atoms with Crippen molar-refractivity contribution >= 4 is 29.4 Å². The van der Waals surface area contributed by atoms with E-state index in [1.54, 1.807) is 23.9 Å². The Hall–Kier alpha value is -1.46. The molecule has 0 aliphatic carbocycles. The molecule has 1 aliphatic heterocycles. The molecule has 1 aliphatic rings. The number of rotatable bonds is 5. The molecular weight excluding hydrogens is 329 g/mol. The van der Waals surface area contributed by atoms with E-state index in [-0.39, 0.29) is 17.1 Å². The molecule has 120 valence electrons. The van der Waals surface area contributed by atoms with E-state index in [2.05, 4.69) is 31.2 Å². The summed E-state index contributed by atoms with van der Waals surface area (Å²) in [6.45, 7) is 2.65. The first-order valence-electron chi connectivity index (χ1n) is 7.55. The number of halogens is 1. The fraction of sp³-hybridized carbons (Fsp3) is 0.278. The Morgan fingerprint density at radius 1 is 1.17 bits per heavy atom. The second kappa shape index (κ2) is 7.41. The van der Waals surface area contributed by atoms with Gasteiger partial charge in [-0.2, -0.15) is 0 Å². The smallest absolute Gasteiger partial charge is 0.234 e. The van der Waals surface area contributed by atoms with Gasteiger partial charge in [0, 0.05) is 11.4 Å². The number of nitrogens with zero attached hydrogens (tertiary/aromatic N) is 1. The van der Waals surface area contributed by atoms with E-state index in [1.165, 1.54) is 17.0 Å². The highest BCUT2D eigenvalue weighted by Gasteiger charge is 2.32. The van der Waals surface area contributed by atoms with Crippen LogP contribution in [0, 0.1) is 5.82 Å². The van der Waals surface area contributed by atoms with Gasteiger partial charge in [-0.1, -0.05) is 31.2 Å². The summed E-state index contributed by atoms with van der Waals surface area (Å²) in [5, 5.41) is 0.0354. The number of hydrogen-bond donors (Lipinski definition) is 0. The second-order valence-electron chi connectivity index (χ2n) is 5.31. The average molecular weight is 347 g/mol. The molecule has 0 saturated carbocycles. The topological polar surface area (TPSA) is 20.3 Å². The lowest BCUT2D eigenvalue weighted by molar-refractivity contribution is -0.128. The minimum Gasteiger partial charge on any atom is -0.322 e. The maximum atomic E-state index is 13.0. The predicted molar refractivity (Wildman–Crippen MR) is 95.0 cm³/mol. The molecule has 2 aromatic carbocycles. The Morgan fingerprint density at radius 3 is 2.52 bits per heavy atom. The van der Waals surface area contributed by atoms with Crippen LogP contribution in [-0.4, -0.2) is 22.3 Å². The fourth-order valence-corrected chi connectivity index (χ4v) is 4.43. The van der Waals surface area contributed by atoms with E-state index in [9.17, 15) is 9.18 Å². The predicted octanol–water partition coefficient (Wildman–Crippen LogP) is 4.71. The Morgan fingerprint density at radius 2 is 1.87 bits per heavy atom. The van der Waals surface area contributed by atoms with Crippen LogP contribution in [0.3, 0.4) is 0 Å². The Kier molecular flexibility index (Phi) is 5.28. The van der Waals surface area contributed by atoms with Crippen LogP contribution < -0.4 is 0 Å². The van der Waals surface area contributed by atoms with Crippen LogP contribution in [-0.2, 0) is 11.3 Å². The van der Waals surface area contributed by atoms with Gasteiger partial charge in [-0.25, -0.2) is 4.39 Å². The van der Waals surface area contributed by atoms with Crippen molar-refractivity contribution in [2.24, 2.45) is 0 Å². The molecule has 1 amide bonds. The molecule has 1 unspecified atom stereocenters. The molecule has 1 heterocycles. The molecule has 0 radical (unpaired) electrons. The maximum absolute atomic E-state index is 13.0. The summed E-state index contributed by atoms with van der Waals surface area (Å²) in [6.07, 6.45) is 0. The molecule has 1 fully saturated rings. The normalized spacial score (nSPS) is 17.7. The molecule has 0 spiro atoms. The fourth-order valence-electron chi connectivity index (χ4n) is 2.58. The molecule has 23 heavy (non-hydrogen) atoms. The summed E-state index contributed by atoms with van der Waals surface area (Å²) in [5.74, 6) is 1.43. The van der Waals surface area contributed by atoms with E-state index < -0.39 is 0 Å². The molecule has 1 saturated heterocycles. The van der Waals surface area contributed by atoms with E-state index >= 15 is 0 Å². The molecule has 3 rings (SSSR count). The molecule has 2 nitrogen and oxygen atoms in total. The second-order valence-corrected chi connectivity index (χ2v) is 7.72. The number of carbonyl (C=O) groups excluding carboxylic acids is 1. The average Bonchev–Trinajstić information content (AvgIpc) is 2.92. The van der Waals surface area contributed by atoms with Crippen LogP contribution in [0.5, 0.6) is 0 Å². The van der Waals surface area contributed by atoms with Gasteiger partial charge >= 0.3 is 0 Å². The summed E-state index contributed by atoms with van der Waals surface area (Å²) in [6, 6.07) is 14.8. The molecule has 0 aromatic heterocycles. The van der Waals surface area contributed by atoms with Crippen molar-refractivity contribution < 1.29 is 9.18 Å². The van der Waals surface area contributed by atoms with Gasteiger partial charge in [0.1, 0.15) is 11.2 Å². The third-order valence-corrected chi connectivity index (χ3v) is 5.86. The summed E-state index contributed by atoms with van der Waals surface area (Å²) >= 11 is 3.46. The monoisotopic (exact) mass is 347 g/mol. The molecular formula is C18H18FNOS2. The summed E-state index contributed by atoms with van der Waals surface area (Å²) in [5.41, 5.74) is 2.09. The van der Waals surface area contributed by atoms with Crippen LogP contribution in [0.1, 0.15) is 23.4 Å². The van der Waals surface area contributed by atoms with E-state index in [0.29, 0.717) is 12.3 Å². The number of benzene rings is 2. The number of thioether (sulfide) groups is 2. The summed E-state index contributed by atoms with van der Waals surface area (Å²) in [7, 11) is 0. The third kappa shape index (κ3) is 3.90. The van der Waals surface area contributed by atoms with Crippen LogP contribution in [0.4, 0.5) is 4.39 Å². The highest BCUT2D eigenvalue weighted by atomic mass is 32.2. The minimum atomic E-state index is -0.253. The number of amides is 1. The Labute approximate surface area is 144 Å². The Bertz CT molecular complexity index is 672. The lowest BCUT2D eigenvalue weighted by Crippen LogP contribution is -2.27. The molecule has 0 bridgehead atoms. The van der Waals surface area contributed by atoms with Gasteiger partial charge in [0.15, 0.2) is 0 Å². The van der Waals surface area contributed by atoms with Gasteiger partial charge in [-0.15, -0.1) is 23.5 Å². The highest BCUT2D eigenvalue weighted by Crippen LogP contribution is 2.40. The molecule has 0 N–H and O–H groups in total. The first kappa shape index (κ1) is 16.4. The maximum Gasteiger partial charge on any atom is 0.234 e. The van der Waals surface area contributed by atoms with Crippen molar-refractivity contribution in [1.29, 1.82) is 0 Å². The van der Waals surface area contributed by atoms with Crippen molar-refractivity contribution in [3.05, 3.63) is 65.5 Å². The largest absolute Gasteiger partial charge is 0.322 e. The van der Waals surface area contributed by atoms with Crippen molar-refractivity contribution in [1.82, 2.24) is 4.90 Å². The van der Waals surface area contributed by atoms with Gasteiger partial charge < -0.3 is 4.90 Å². The standard InChI is InChI=1S/C18H18FNOS2/c1-2-22-16-9-5-14(6-10-16)18-20(17(21)12-23-18)11-13-3-7-15(19)8-4-13/h3-10,18H,2,11-12H2,1H3. The van der Waals surface area contributed by atoms with Gasteiger partial charge in [0.05, 0.1) is 5.75 Å². The van der Waals surface area contributed by atoms with Crippen LogP contribution in [0.15, 0.2) is 53.4 Å². The third-order valence-electron chi connectivity index (χ3n) is 3.71. The summed E-state index contributed by atoms with van der Waals surface area (Å²) in [4.78, 5) is 15.3. The lowest BCUT2D eigenvalue weighted by atomic mass is 10.1. The first-order valence-corrected chi connectivity index (χ1v) is 9.59. The zero-order chi connectivity index (χ0) is 16.2. The first-order chi connectivity index (χ1) is 11.2.